The smallest absolute Gasteiger partial charge is 0.108 e. The Kier molecular flexibility index (Phi) is 4.63. The highest BCUT2D eigenvalue weighted by atomic mass is 16.3. The molecule has 0 saturated carbocycles. The third-order valence-electron chi connectivity index (χ3n) is 6.60. The van der Waals surface area contributed by atoms with Gasteiger partial charge in [0.15, 0.2) is 0 Å². The third-order valence-corrected chi connectivity index (χ3v) is 6.60. The lowest BCUT2D eigenvalue weighted by atomic mass is 9.65. The Labute approximate surface area is 155 Å². The predicted molar refractivity (Wildman–Crippen MR) is 106 cm³/mol. The summed E-state index contributed by atoms with van der Waals surface area (Å²) in [6.07, 6.45) is 1.10. The van der Waals surface area contributed by atoms with Crippen molar-refractivity contribution >= 4 is 5.69 Å². The van der Waals surface area contributed by atoms with Gasteiger partial charge in [0.25, 0.3) is 0 Å². The number of piperidine rings is 1. The van der Waals surface area contributed by atoms with Gasteiger partial charge in [0.05, 0.1) is 0 Å². The quantitative estimate of drug-likeness (QED) is 0.836. The largest absolute Gasteiger partial charge is 0.307 e. The van der Waals surface area contributed by atoms with Crippen molar-refractivity contribution in [2.45, 2.75) is 37.8 Å². The Hall–Kier alpha value is -2.04. The minimum Gasteiger partial charge on any atom is -0.307 e. The molecule has 1 N–H and O–H groups in total. The highest BCUT2D eigenvalue weighted by Gasteiger charge is 2.44. The zero-order valence-electron chi connectivity index (χ0n) is 15.6. The maximum Gasteiger partial charge on any atom is 0.108 e. The van der Waals surface area contributed by atoms with E-state index in [0.29, 0.717) is 23.7 Å². The van der Waals surface area contributed by atoms with Crippen molar-refractivity contribution in [3.63, 3.8) is 0 Å². The van der Waals surface area contributed by atoms with Gasteiger partial charge in [-0.1, -0.05) is 56.3 Å². The summed E-state index contributed by atoms with van der Waals surface area (Å²) in [5, 5.41) is 6.89. The Balaban J connectivity index is 1.54. The molecule has 0 aliphatic carbocycles. The maximum atomic E-state index is 11.0. The predicted octanol–water partition coefficient (Wildman–Crippen LogP) is 4.40. The van der Waals surface area contributed by atoms with Crippen molar-refractivity contribution < 1.29 is 0 Å². The minimum atomic E-state index is 0.0725. The molecule has 26 heavy (non-hydrogen) atoms. The molecular formula is C22H27N3O. The van der Waals surface area contributed by atoms with E-state index in [1.807, 2.05) is 12.1 Å². The average molecular weight is 349 g/mol. The van der Waals surface area contributed by atoms with E-state index < -0.39 is 0 Å². The molecular weight excluding hydrogens is 322 g/mol. The summed E-state index contributed by atoms with van der Waals surface area (Å²) in [5.41, 5.74) is 3.22. The summed E-state index contributed by atoms with van der Waals surface area (Å²) in [6, 6.07) is 19.6. The minimum absolute atomic E-state index is 0.0725. The summed E-state index contributed by atoms with van der Waals surface area (Å²) >= 11 is 0. The molecule has 3 unspecified atom stereocenters. The SMILES string of the molecule is CC1CN2CC(c3ccccc3)NCC2C[C@@]1(C)c1cccc(N=O)c1. The Bertz CT molecular complexity index is 778. The summed E-state index contributed by atoms with van der Waals surface area (Å²) in [5.74, 6) is 0.523. The van der Waals surface area contributed by atoms with Gasteiger partial charge in [0.2, 0.25) is 0 Å². The van der Waals surface area contributed by atoms with Gasteiger partial charge in [-0.15, -0.1) is 4.91 Å². The molecule has 0 spiro atoms. The maximum absolute atomic E-state index is 11.0. The van der Waals surface area contributed by atoms with Gasteiger partial charge in [-0.2, -0.15) is 0 Å². The Morgan fingerprint density at radius 3 is 2.69 bits per heavy atom. The van der Waals surface area contributed by atoms with Gasteiger partial charge >= 0.3 is 0 Å². The molecule has 4 heteroatoms. The number of hydrogen-bond acceptors (Lipinski definition) is 4. The molecule has 0 bridgehead atoms. The molecule has 0 amide bonds. The van der Waals surface area contributed by atoms with Crippen LogP contribution in [-0.4, -0.2) is 30.6 Å². The van der Waals surface area contributed by atoms with Gasteiger partial charge in [-0.05, 0) is 46.2 Å². The van der Waals surface area contributed by atoms with E-state index in [2.05, 4.69) is 65.6 Å². The van der Waals surface area contributed by atoms with Crippen LogP contribution < -0.4 is 5.32 Å². The number of nitroso groups, excluding NO2 is 1. The first-order valence-electron chi connectivity index (χ1n) is 9.56. The lowest BCUT2D eigenvalue weighted by molar-refractivity contribution is 0.0242. The van der Waals surface area contributed by atoms with Crippen LogP contribution in [-0.2, 0) is 5.41 Å². The van der Waals surface area contributed by atoms with Crippen molar-refractivity contribution in [2.75, 3.05) is 19.6 Å². The first kappa shape index (κ1) is 17.4. The number of fused-ring (bicyclic) bond motifs is 1. The van der Waals surface area contributed by atoms with Gasteiger partial charge in [0, 0.05) is 31.7 Å². The van der Waals surface area contributed by atoms with Crippen LogP contribution in [0.4, 0.5) is 5.69 Å². The standard InChI is InChI=1S/C22H27N3O/c1-16-14-25-15-21(17-7-4-3-5-8-17)23-13-20(25)12-22(16,2)18-9-6-10-19(11-18)24-26/h3-11,16,20-21,23H,12-15H2,1-2H3/t16?,20?,21?,22-/m1/s1. The summed E-state index contributed by atoms with van der Waals surface area (Å²) < 4.78 is 0. The van der Waals surface area contributed by atoms with E-state index in [0.717, 1.165) is 26.1 Å². The number of hydrogen-bond donors (Lipinski definition) is 1. The first-order chi connectivity index (χ1) is 12.6. The number of benzene rings is 2. The molecule has 2 fully saturated rings. The molecule has 0 radical (unpaired) electrons. The lowest BCUT2D eigenvalue weighted by Crippen LogP contribution is -2.60. The fourth-order valence-electron chi connectivity index (χ4n) is 4.75. The monoisotopic (exact) mass is 349 g/mol. The van der Waals surface area contributed by atoms with E-state index in [-0.39, 0.29) is 5.41 Å². The Morgan fingerprint density at radius 1 is 1.12 bits per heavy atom. The van der Waals surface area contributed by atoms with Crippen molar-refractivity contribution in [3.05, 3.63) is 70.6 Å². The van der Waals surface area contributed by atoms with Crippen LogP contribution in [0.15, 0.2) is 59.8 Å². The second kappa shape index (κ2) is 6.93. The van der Waals surface area contributed by atoms with E-state index in [1.165, 1.54) is 11.1 Å². The summed E-state index contributed by atoms with van der Waals surface area (Å²) in [7, 11) is 0. The second-order valence-electron chi connectivity index (χ2n) is 8.14. The number of nitrogens with zero attached hydrogens (tertiary/aromatic N) is 2. The molecule has 2 aliphatic rings. The van der Waals surface area contributed by atoms with Crippen LogP contribution in [0, 0.1) is 10.8 Å². The number of piperazine rings is 1. The van der Waals surface area contributed by atoms with Crippen LogP contribution in [0.3, 0.4) is 0 Å². The van der Waals surface area contributed by atoms with Crippen LogP contribution in [0.1, 0.15) is 37.4 Å². The number of nitrogens with one attached hydrogen (secondary N) is 1. The normalized spacial score (nSPS) is 32.0. The zero-order chi connectivity index (χ0) is 18.1. The first-order valence-corrected chi connectivity index (χ1v) is 9.56. The van der Waals surface area contributed by atoms with Crippen LogP contribution in [0.2, 0.25) is 0 Å². The summed E-state index contributed by atoms with van der Waals surface area (Å²) in [6.45, 7) is 7.85. The molecule has 4 nitrogen and oxygen atoms in total. The van der Waals surface area contributed by atoms with E-state index in [9.17, 15) is 4.91 Å². The molecule has 2 saturated heterocycles. The fourth-order valence-corrected chi connectivity index (χ4v) is 4.75. The molecule has 2 aliphatic heterocycles. The molecule has 2 heterocycles. The summed E-state index contributed by atoms with van der Waals surface area (Å²) in [4.78, 5) is 13.6. The van der Waals surface area contributed by atoms with Gasteiger partial charge < -0.3 is 5.32 Å². The van der Waals surface area contributed by atoms with Crippen LogP contribution in [0.25, 0.3) is 0 Å². The number of rotatable bonds is 3. The van der Waals surface area contributed by atoms with E-state index >= 15 is 0 Å². The third kappa shape index (κ3) is 3.08. The zero-order valence-corrected chi connectivity index (χ0v) is 15.6. The molecule has 2 aromatic rings. The van der Waals surface area contributed by atoms with Crippen LogP contribution >= 0.6 is 0 Å². The topological polar surface area (TPSA) is 44.7 Å². The highest BCUT2D eigenvalue weighted by Crippen LogP contribution is 2.43. The molecule has 136 valence electrons. The second-order valence-corrected chi connectivity index (χ2v) is 8.14. The van der Waals surface area contributed by atoms with Crippen LogP contribution in [0.5, 0.6) is 0 Å². The Morgan fingerprint density at radius 2 is 1.92 bits per heavy atom. The molecule has 0 aromatic heterocycles. The fraction of sp³-hybridized carbons (Fsp3) is 0.455. The van der Waals surface area contributed by atoms with Crippen molar-refractivity contribution in [2.24, 2.45) is 11.1 Å². The van der Waals surface area contributed by atoms with Crippen molar-refractivity contribution in [1.82, 2.24) is 10.2 Å². The van der Waals surface area contributed by atoms with E-state index in [4.69, 9.17) is 0 Å². The molecule has 4 rings (SSSR count). The van der Waals surface area contributed by atoms with Crippen molar-refractivity contribution in [1.29, 1.82) is 0 Å². The van der Waals surface area contributed by atoms with Gasteiger partial charge in [0.1, 0.15) is 5.69 Å². The highest BCUT2D eigenvalue weighted by molar-refractivity contribution is 5.43. The average Bonchev–Trinajstić information content (AvgIpc) is 2.69. The molecule has 2 aromatic carbocycles. The van der Waals surface area contributed by atoms with Gasteiger partial charge in [-0.3, -0.25) is 4.90 Å². The van der Waals surface area contributed by atoms with E-state index in [1.54, 1.807) is 6.07 Å². The lowest BCUT2D eigenvalue weighted by Gasteiger charge is -2.53. The molecule has 4 atom stereocenters. The van der Waals surface area contributed by atoms with Crippen molar-refractivity contribution in [3.8, 4) is 0 Å². The van der Waals surface area contributed by atoms with Gasteiger partial charge in [-0.25, -0.2) is 0 Å².